The van der Waals surface area contributed by atoms with Gasteiger partial charge >= 0.3 is 21.7 Å². The van der Waals surface area contributed by atoms with E-state index in [1.54, 1.807) is 0 Å². The van der Waals surface area contributed by atoms with Crippen LogP contribution in [0.3, 0.4) is 0 Å². The molecule has 2 aliphatic rings. The molecule has 2 aliphatic carbocycles. The van der Waals surface area contributed by atoms with Crippen LogP contribution in [0.4, 0.5) is 0 Å². The monoisotopic (exact) mass is 574 g/mol. The summed E-state index contributed by atoms with van der Waals surface area (Å²) in [5, 5.41) is 0. The quantitative estimate of drug-likeness (QED) is 0.221. The number of hydrogen-bond donors (Lipinski definition) is 0. The molecule has 122 valence electrons. The van der Waals surface area contributed by atoms with Crippen LogP contribution in [0.15, 0.2) is 60.2 Å². The van der Waals surface area contributed by atoms with Crippen LogP contribution in [0, 0.1) is 12.1 Å². The van der Waals surface area contributed by atoms with E-state index in [9.17, 15) is 0 Å². The van der Waals surface area contributed by atoms with Crippen molar-refractivity contribution in [2.75, 3.05) is 0 Å². The number of fused-ring (bicyclic) bond motifs is 3. The molecule has 2 aromatic rings. The Balaban J connectivity index is 0.000000429. The molecule has 24 heavy (non-hydrogen) atoms. The molecule has 4 rings (SSSR count). The van der Waals surface area contributed by atoms with E-state index < -0.39 is 0 Å². The number of benzene rings is 2. The van der Waals surface area contributed by atoms with Crippen LogP contribution >= 0.6 is 0 Å². The molecule has 0 unspecified atom stereocenters. The van der Waals surface area contributed by atoms with Crippen molar-refractivity contribution in [3.05, 3.63) is 83.5 Å². The van der Waals surface area contributed by atoms with Gasteiger partial charge in [-0.25, -0.2) is 11.6 Å². The van der Waals surface area contributed by atoms with E-state index in [1.165, 1.54) is 40.7 Å². The van der Waals surface area contributed by atoms with Gasteiger partial charge in [0.15, 0.2) is 0 Å². The Morgan fingerprint density at radius 2 is 1.75 bits per heavy atom. The van der Waals surface area contributed by atoms with E-state index in [2.05, 4.69) is 67.6 Å². The van der Waals surface area contributed by atoms with Crippen molar-refractivity contribution in [3.63, 3.8) is 0 Å². The second-order valence-corrected chi connectivity index (χ2v) is 5.45. The Hall–Kier alpha value is 0.0943. The normalized spacial score (nSPS) is 12.3. The molecule has 0 amide bonds. The summed E-state index contributed by atoms with van der Waals surface area (Å²) in [6, 6.07) is 18.1. The van der Waals surface area contributed by atoms with Gasteiger partial charge in [0.1, 0.15) is 0 Å². The Morgan fingerprint density at radius 3 is 2.46 bits per heavy atom. The van der Waals surface area contributed by atoms with Crippen LogP contribution in [0.2, 0.25) is 0 Å². The van der Waals surface area contributed by atoms with Crippen molar-refractivity contribution < 1.29 is 69.7 Å². The summed E-state index contributed by atoms with van der Waals surface area (Å²) in [6.07, 6.45) is 12.1. The second kappa shape index (κ2) is 12.4. The van der Waals surface area contributed by atoms with Gasteiger partial charge in [0.2, 0.25) is 0 Å². The number of halogens is 2. The summed E-state index contributed by atoms with van der Waals surface area (Å²) < 4.78 is 0. The summed E-state index contributed by atoms with van der Waals surface area (Å²) in [5.74, 6) is 0. The largest absolute Gasteiger partial charge is 4.00 e. The molecule has 0 heterocycles. The van der Waals surface area contributed by atoms with Gasteiger partial charge in [-0.1, -0.05) is 55.2 Å². The van der Waals surface area contributed by atoms with Crippen LogP contribution in [-0.2, 0) is 28.1 Å². The van der Waals surface area contributed by atoms with Crippen molar-refractivity contribution in [2.24, 2.45) is 0 Å². The Kier molecular flexibility index (Phi) is 12.5. The van der Waals surface area contributed by atoms with Gasteiger partial charge < -0.3 is 48.0 Å². The minimum absolute atomic E-state index is 0. The third-order valence-electron chi connectivity index (χ3n) is 3.90. The van der Waals surface area contributed by atoms with E-state index in [-0.39, 0.29) is 69.7 Å². The fourth-order valence-corrected chi connectivity index (χ4v) is 2.89. The summed E-state index contributed by atoms with van der Waals surface area (Å²) in [5.41, 5.74) is 6.91. The van der Waals surface area contributed by atoms with E-state index in [1.807, 2.05) is 6.07 Å². The first-order chi connectivity index (χ1) is 10.4. The zero-order valence-electron chi connectivity index (χ0n) is 13.8. The number of rotatable bonds is 2. The maximum absolute atomic E-state index is 3.30. The smallest absolute Gasteiger partial charge is 1.00 e. The molecule has 0 aliphatic heterocycles. The van der Waals surface area contributed by atoms with Gasteiger partial charge in [0.25, 0.3) is 0 Å². The average molecular weight is 574 g/mol. The van der Waals surface area contributed by atoms with Crippen molar-refractivity contribution >= 4 is 0 Å². The van der Waals surface area contributed by atoms with E-state index in [4.69, 9.17) is 0 Å². The zero-order chi connectivity index (χ0) is 14.5. The van der Waals surface area contributed by atoms with Crippen LogP contribution in [0.5, 0.6) is 0 Å². The predicted octanol–water partition coefficient (Wildman–Crippen LogP) is -0.461. The molecule has 0 N–H and O–H groups in total. The molecule has 0 aromatic heterocycles. The SMILES string of the molecule is CCCC1=[C-]CC=C1.[I-].[I-].[Ti+4].[c-]1cccc2c1Cc1ccccc1-2. The third kappa shape index (κ3) is 6.12. The van der Waals surface area contributed by atoms with Gasteiger partial charge in [-0.3, -0.25) is 6.08 Å². The minimum atomic E-state index is 0. The fraction of sp³-hybridized carbons (Fsp3) is 0.238. The van der Waals surface area contributed by atoms with Crippen molar-refractivity contribution in [2.45, 2.75) is 32.6 Å². The molecule has 0 atom stereocenters. The maximum Gasteiger partial charge on any atom is 4.00 e. The van der Waals surface area contributed by atoms with Gasteiger partial charge in [0.05, 0.1) is 0 Å². The fourth-order valence-electron chi connectivity index (χ4n) is 2.89. The van der Waals surface area contributed by atoms with Crippen molar-refractivity contribution in [3.8, 4) is 11.1 Å². The molecular weight excluding hydrogens is 554 g/mol. The topological polar surface area (TPSA) is 0 Å². The predicted molar refractivity (Wildman–Crippen MR) is 88.9 cm³/mol. The Labute approximate surface area is 195 Å². The molecular formula is C21H20I2Ti. The van der Waals surface area contributed by atoms with E-state index >= 15 is 0 Å². The Bertz CT molecular complexity index is 646. The van der Waals surface area contributed by atoms with Gasteiger partial charge in [-0.15, -0.1) is 12.0 Å². The summed E-state index contributed by atoms with van der Waals surface area (Å²) in [6.45, 7) is 2.20. The van der Waals surface area contributed by atoms with E-state index in [0.29, 0.717) is 0 Å². The average Bonchev–Trinajstić information content (AvgIpc) is 3.15. The van der Waals surface area contributed by atoms with Crippen LogP contribution < -0.4 is 48.0 Å². The first kappa shape index (κ1) is 24.1. The van der Waals surface area contributed by atoms with Crippen molar-refractivity contribution in [1.29, 1.82) is 0 Å². The molecule has 0 bridgehead atoms. The van der Waals surface area contributed by atoms with Crippen LogP contribution in [-0.4, -0.2) is 0 Å². The Morgan fingerprint density at radius 1 is 1.00 bits per heavy atom. The van der Waals surface area contributed by atoms with Gasteiger partial charge in [0, 0.05) is 0 Å². The first-order valence-corrected chi connectivity index (χ1v) is 7.72. The third-order valence-corrected chi connectivity index (χ3v) is 3.90. The molecule has 0 spiro atoms. The number of allylic oxidation sites excluding steroid dienone is 4. The van der Waals surface area contributed by atoms with Gasteiger partial charge in [-0.2, -0.15) is 35.9 Å². The standard InChI is InChI=1S/C13H9.C8H11.2HI.Ti/c1-3-7-12-10(5-1)9-11-6-2-4-8-13(11)12;1-2-5-8-6-3-4-7-8;;;/h1-5,7-8H,9H2;3,6H,2,4-5H2,1H3;2*1H;/q2*-1;;;+4/p-2. The molecule has 0 nitrogen and oxygen atoms in total. The molecule has 0 radical (unpaired) electrons. The van der Waals surface area contributed by atoms with Crippen LogP contribution in [0.1, 0.15) is 37.3 Å². The zero-order valence-corrected chi connectivity index (χ0v) is 19.7. The maximum atomic E-state index is 3.30. The van der Waals surface area contributed by atoms with E-state index in [0.717, 1.165) is 12.8 Å². The molecule has 0 fully saturated rings. The molecule has 0 saturated carbocycles. The molecule has 3 heteroatoms. The first-order valence-electron chi connectivity index (χ1n) is 7.72. The van der Waals surface area contributed by atoms with Crippen LogP contribution in [0.25, 0.3) is 11.1 Å². The second-order valence-electron chi connectivity index (χ2n) is 5.45. The van der Waals surface area contributed by atoms with Crippen molar-refractivity contribution in [1.82, 2.24) is 0 Å². The molecule has 2 aromatic carbocycles. The number of hydrogen-bond acceptors (Lipinski definition) is 0. The molecule has 0 saturated heterocycles. The van der Waals surface area contributed by atoms with Gasteiger partial charge in [-0.05, 0) is 6.42 Å². The minimum Gasteiger partial charge on any atom is -1.00 e. The summed E-state index contributed by atoms with van der Waals surface area (Å²) >= 11 is 0. The summed E-state index contributed by atoms with van der Waals surface area (Å²) in [7, 11) is 0. The summed E-state index contributed by atoms with van der Waals surface area (Å²) in [4.78, 5) is 0.